The van der Waals surface area contributed by atoms with Crippen molar-refractivity contribution in [2.24, 2.45) is 0 Å². The zero-order valence-electron chi connectivity index (χ0n) is 10.7. The van der Waals surface area contributed by atoms with Crippen molar-refractivity contribution < 1.29 is 4.39 Å². The molecule has 1 heterocycles. The van der Waals surface area contributed by atoms with Gasteiger partial charge in [-0.05, 0) is 59.2 Å². The number of benzene rings is 1. The minimum atomic E-state index is -1.34. The standard InChI is InChI=1S/C14H10ClFIN3O/c15-10-4-8(3-9(5-10)6-18)1-2-11-12(13(16)17)19-7-20-14(11)21/h3-5,7,13H,1-2H2,(H,19,20,21). The zero-order valence-corrected chi connectivity index (χ0v) is 13.7. The highest BCUT2D eigenvalue weighted by Crippen LogP contribution is 2.25. The Bertz CT molecular complexity index is 755. The monoisotopic (exact) mass is 417 g/mol. The van der Waals surface area contributed by atoms with Crippen LogP contribution in [0.3, 0.4) is 0 Å². The topological polar surface area (TPSA) is 69.5 Å². The molecule has 0 amide bonds. The van der Waals surface area contributed by atoms with Crippen LogP contribution in [-0.2, 0) is 12.8 Å². The summed E-state index contributed by atoms with van der Waals surface area (Å²) in [4.78, 5) is 18.1. The maximum Gasteiger partial charge on any atom is 0.254 e. The first-order valence-electron chi connectivity index (χ1n) is 6.05. The Morgan fingerprint density at radius 1 is 1.43 bits per heavy atom. The summed E-state index contributed by atoms with van der Waals surface area (Å²) in [6, 6.07) is 7.01. The molecule has 0 aliphatic rings. The third-order valence-corrected chi connectivity index (χ3v) is 3.75. The lowest BCUT2D eigenvalue weighted by atomic mass is 10.0. The van der Waals surface area contributed by atoms with Crippen molar-refractivity contribution in [2.75, 3.05) is 0 Å². The number of nitrogens with zero attached hydrogens (tertiary/aromatic N) is 2. The molecule has 2 aromatic rings. The van der Waals surface area contributed by atoms with Crippen molar-refractivity contribution in [3.63, 3.8) is 0 Å². The molecule has 1 aromatic heterocycles. The normalized spacial score (nSPS) is 11.9. The van der Waals surface area contributed by atoms with Crippen molar-refractivity contribution in [1.29, 1.82) is 5.26 Å². The Labute approximate surface area is 139 Å². The van der Waals surface area contributed by atoms with Crippen LogP contribution < -0.4 is 5.56 Å². The molecule has 108 valence electrons. The third kappa shape index (κ3) is 4.02. The van der Waals surface area contributed by atoms with E-state index in [9.17, 15) is 9.18 Å². The number of aromatic nitrogens is 2. The number of aromatic amines is 1. The number of halogens is 3. The summed E-state index contributed by atoms with van der Waals surface area (Å²) in [6.45, 7) is 0. The molecule has 7 heteroatoms. The molecule has 1 unspecified atom stereocenters. The fourth-order valence-electron chi connectivity index (χ4n) is 2.00. The second kappa shape index (κ2) is 7.00. The van der Waals surface area contributed by atoms with E-state index in [1.165, 1.54) is 6.33 Å². The molecule has 1 atom stereocenters. The Balaban J connectivity index is 2.27. The van der Waals surface area contributed by atoms with Gasteiger partial charge in [0, 0.05) is 10.6 Å². The molecule has 4 nitrogen and oxygen atoms in total. The van der Waals surface area contributed by atoms with Crippen LogP contribution in [-0.4, -0.2) is 9.97 Å². The molecule has 0 spiro atoms. The van der Waals surface area contributed by atoms with Gasteiger partial charge in [0.25, 0.3) is 5.56 Å². The molecule has 0 aliphatic carbocycles. The smallest absolute Gasteiger partial charge is 0.254 e. The first-order chi connectivity index (χ1) is 10.0. The van der Waals surface area contributed by atoms with Gasteiger partial charge in [-0.3, -0.25) is 4.79 Å². The maximum absolute atomic E-state index is 13.5. The van der Waals surface area contributed by atoms with Crippen LogP contribution in [0.2, 0.25) is 5.02 Å². The van der Waals surface area contributed by atoms with Gasteiger partial charge >= 0.3 is 0 Å². The van der Waals surface area contributed by atoms with Crippen LogP contribution >= 0.6 is 34.2 Å². The quantitative estimate of drug-likeness (QED) is 0.612. The van der Waals surface area contributed by atoms with Crippen LogP contribution in [0.15, 0.2) is 29.3 Å². The Morgan fingerprint density at radius 2 is 2.19 bits per heavy atom. The Morgan fingerprint density at radius 3 is 2.86 bits per heavy atom. The molecule has 0 saturated carbocycles. The largest absolute Gasteiger partial charge is 0.313 e. The summed E-state index contributed by atoms with van der Waals surface area (Å²) in [5, 5.41) is 9.37. The molecule has 1 aromatic carbocycles. The van der Waals surface area contributed by atoms with Crippen molar-refractivity contribution in [1.82, 2.24) is 9.97 Å². The molecule has 0 radical (unpaired) electrons. The van der Waals surface area contributed by atoms with Crippen molar-refractivity contribution in [2.45, 2.75) is 17.0 Å². The summed E-state index contributed by atoms with van der Waals surface area (Å²) in [5.41, 5.74) is 1.38. The lowest BCUT2D eigenvalue weighted by molar-refractivity contribution is 0.476. The van der Waals surface area contributed by atoms with Crippen LogP contribution in [0.1, 0.15) is 26.6 Å². The molecule has 0 saturated heterocycles. The minimum absolute atomic E-state index is 0.141. The van der Waals surface area contributed by atoms with E-state index in [-0.39, 0.29) is 11.3 Å². The van der Waals surface area contributed by atoms with Gasteiger partial charge in [0.15, 0.2) is 4.18 Å². The molecular weight excluding hydrogens is 408 g/mol. The minimum Gasteiger partial charge on any atom is -0.313 e. The van der Waals surface area contributed by atoms with Gasteiger partial charge in [0.1, 0.15) is 0 Å². The predicted octanol–water partition coefficient (Wildman–Crippen LogP) is 3.48. The number of H-pyrrole nitrogens is 1. The Hall–Kier alpha value is -1.46. The molecule has 0 fully saturated rings. The van der Waals surface area contributed by atoms with E-state index < -0.39 is 4.18 Å². The summed E-state index contributed by atoms with van der Waals surface area (Å²) >= 11 is 7.51. The lowest BCUT2D eigenvalue weighted by Crippen LogP contribution is -2.17. The highest BCUT2D eigenvalue weighted by Gasteiger charge is 2.15. The van der Waals surface area contributed by atoms with E-state index in [1.807, 2.05) is 6.07 Å². The zero-order chi connectivity index (χ0) is 15.4. The van der Waals surface area contributed by atoms with Gasteiger partial charge in [-0.25, -0.2) is 9.37 Å². The summed E-state index contributed by atoms with van der Waals surface area (Å²) in [5.74, 6) is 0. The van der Waals surface area contributed by atoms with E-state index in [1.54, 1.807) is 40.8 Å². The van der Waals surface area contributed by atoms with Crippen LogP contribution in [0.25, 0.3) is 0 Å². The average molecular weight is 418 g/mol. The van der Waals surface area contributed by atoms with E-state index in [2.05, 4.69) is 9.97 Å². The molecule has 2 rings (SSSR count). The molecule has 0 aliphatic heterocycles. The van der Waals surface area contributed by atoms with Crippen LogP contribution in [0.4, 0.5) is 4.39 Å². The van der Waals surface area contributed by atoms with E-state index in [0.717, 1.165) is 5.56 Å². The van der Waals surface area contributed by atoms with E-state index in [4.69, 9.17) is 16.9 Å². The fourth-order valence-corrected chi connectivity index (χ4v) is 2.79. The number of hydrogen-bond acceptors (Lipinski definition) is 3. The fraction of sp³-hybridized carbons (Fsp3) is 0.214. The van der Waals surface area contributed by atoms with Gasteiger partial charge in [-0.15, -0.1) is 0 Å². The predicted molar refractivity (Wildman–Crippen MR) is 86.3 cm³/mol. The number of hydrogen-bond donors (Lipinski definition) is 1. The highest BCUT2D eigenvalue weighted by atomic mass is 127. The lowest BCUT2D eigenvalue weighted by Gasteiger charge is -2.08. The highest BCUT2D eigenvalue weighted by molar-refractivity contribution is 14.1. The summed E-state index contributed by atoms with van der Waals surface area (Å²) in [7, 11) is 0. The van der Waals surface area contributed by atoms with Crippen molar-refractivity contribution in [3.05, 3.63) is 62.3 Å². The SMILES string of the molecule is N#Cc1cc(Cl)cc(CCc2c(C(F)I)nc[nH]c2=O)c1. The average Bonchev–Trinajstić information content (AvgIpc) is 2.45. The second-order valence-electron chi connectivity index (χ2n) is 4.36. The van der Waals surface area contributed by atoms with Crippen molar-refractivity contribution >= 4 is 34.2 Å². The molecular formula is C14H10ClFIN3O. The second-order valence-corrected chi connectivity index (χ2v) is 5.89. The van der Waals surface area contributed by atoms with Crippen LogP contribution in [0.5, 0.6) is 0 Å². The number of nitriles is 1. The van der Waals surface area contributed by atoms with Gasteiger partial charge in [0.2, 0.25) is 0 Å². The Kier molecular flexibility index (Phi) is 5.31. The number of rotatable bonds is 4. The van der Waals surface area contributed by atoms with E-state index in [0.29, 0.717) is 29.0 Å². The summed E-state index contributed by atoms with van der Waals surface area (Å²) in [6.07, 6.45) is 1.99. The summed E-state index contributed by atoms with van der Waals surface area (Å²) < 4.78 is 12.2. The molecule has 1 N–H and O–H groups in total. The maximum atomic E-state index is 13.5. The van der Waals surface area contributed by atoms with Gasteiger partial charge in [-0.1, -0.05) is 11.6 Å². The number of alkyl halides is 2. The van der Waals surface area contributed by atoms with Gasteiger partial charge in [0.05, 0.1) is 23.7 Å². The van der Waals surface area contributed by atoms with Crippen LogP contribution in [0, 0.1) is 11.3 Å². The van der Waals surface area contributed by atoms with Crippen molar-refractivity contribution in [3.8, 4) is 6.07 Å². The molecule has 21 heavy (non-hydrogen) atoms. The number of nitrogens with one attached hydrogen (secondary N) is 1. The third-order valence-electron chi connectivity index (χ3n) is 2.94. The first-order valence-corrected chi connectivity index (χ1v) is 7.68. The molecule has 0 bridgehead atoms. The van der Waals surface area contributed by atoms with Gasteiger partial charge < -0.3 is 4.98 Å². The number of aryl methyl sites for hydroxylation is 1. The van der Waals surface area contributed by atoms with Gasteiger partial charge in [-0.2, -0.15) is 5.26 Å². The first kappa shape index (κ1) is 15.9. The van der Waals surface area contributed by atoms with E-state index >= 15 is 0 Å².